The number of carbonyl (C=O) groups excluding carboxylic acids is 1. The minimum Gasteiger partial charge on any atom is -0.485 e. The number of hydrogen-bond donors (Lipinski definition) is 1. The summed E-state index contributed by atoms with van der Waals surface area (Å²) >= 11 is 0. The Bertz CT molecular complexity index is 779. The van der Waals surface area contributed by atoms with E-state index in [1.54, 1.807) is 49.2 Å². The van der Waals surface area contributed by atoms with Crippen molar-refractivity contribution in [2.24, 2.45) is 0 Å². The van der Waals surface area contributed by atoms with Gasteiger partial charge in [0.05, 0.1) is 12.1 Å². The highest BCUT2D eigenvalue weighted by molar-refractivity contribution is 5.95. The Balaban J connectivity index is 1.79. The molecule has 2 aromatic rings. The average Bonchev–Trinajstić information content (AvgIpc) is 2.57. The zero-order valence-electron chi connectivity index (χ0n) is 14.3. The van der Waals surface area contributed by atoms with Crippen LogP contribution >= 0.6 is 0 Å². The number of ether oxygens (including phenoxy) is 1. The average molecular weight is 344 g/mol. The number of aryl methyl sites for hydroxylation is 1. The van der Waals surface area contributed by atoms with Gasteiger partial charge in [0.15, 0.2) is 0 Å². The van der Waals surface area contributed by atoms with Crippen LogP contribution in [0.25, 0.3) is 0 Å². The summed E-state index contributed by atoms with van der Waals surface area (Å²) < 4.78 is 19.2. The topological polar surface area (TPSA) is 62.7 Å². The van der Waals surface area contributed by atoms with Crippen LogP contribution in [0.3, 0.4) is 0 Å². The van der Waals surface area contributed by atoms with Crippen molar-refractivity contribution in [3.63, 3.8) is 0 Å². The summed E-state index contributed by atoms with van der Waals surface area (Å²) in [7, 11) is 0. The summed E-state index contributed by atoms with van der Waals surface area (Å²) in [6.45, 7) is 4.10. The van der Waals surface area contributed by atoms with Crippen molar-refractivity contribution < 1.29 is 19.0 Å². The van der Waals surface area contributed by atoms with E-state index in [1.807, 2.05) is 0 Å². The number of carbonyl (C=O) groups is 1. The third kappa shape index (κ3) is 3.79. The van der Waals surface area contributed by atoms with Gasteiger partial charge in [0.1, 0.15) is 23.3 Å². The van der Waals surface area contributed by atoms with Crippen molar-refractivity contribution in [2.45, 2.75) is 32.0 Å². The number of amides is 1. The van der Waals surface area contributed by atoms with E-state index in [9.17, 15) is 14.3 Å². The zero-order chi connectivity index (χ0) is 18.0. The molecule has 1 aromatic heterocycles. The number of nitrogens with zero attached hydrogens (tertiary/aromatic N) is 2. The Morgan fingerprint density at radius 3 is 2.92 bits per heavy atom. The number of aromatic nitrogens is 1. The van der Waals surface area contributed by atoms with Gasteiger partial charge in [0.2, 0.25) is 0 Å². The number of rotatable bonds is 3. The summed E-state index contributed by atoms with van der Waals surface area (Å²) in [6, 6.07) is 9.23. The number of piperidine rings is 1. The molecule has 132 valence electrons. The SMILES string of the molecule is Cc1ncccc1C(=O)N1CC[C@@](C)(O)[C@H](Oc2cccc(F)c2)C1. The van der Waals surface area contributed by atoms with Gasteiger partial charge in [-0.3, -0.25) is 9.78 Å². The van der Waals surface area contributed by atoms with Crippen molar-refractivity contribution in [1.82, 2.24) is 9.88 Å². The van der Waals surface area contributed by atoms with Crippen LogP contribution in [0.2, 0.25) is 0 Å². The Kier molecular flexibility index (Phi) is 4.72. The molecular weight excluding hydrogens is 323 g/mol. The van der Waals surface area contributed by atoms with Crippen molar-refractivity contribution in [3.05, 3.63) is 59.7 Å². The lowest BCUT2D eigenvalue weighted by molar-refractivity contribution is -0.0882. The summed E-state index contributed by atoms with van der Waals surface area (Å²) in [5.74, 6) is -0.224. The van der Waals surface area contributed by atoms with Crippen molar-refractivity contribution in [3.8, 4) is 5.75 Å². The van der Waals surface area contributed by atoms with Crippen LogP contribution in [0, 0.1) is 12.7 Å². The van der Waals surface area contributed by atoms with Crippen LogP contribution in [-0.2, 0) is 0 Å². The highest BCUT2D eigenvalue weighted by Gasteiger charge is 2.41. The standard InChI is InChI=1S/C19H21FN2O3/c1-13-16(7-4-9-21-13)18(23)22-10-8-19(2,24)17(12-22)25-15-6-3-5-14(20)11-15/h3-7,9,11,17,24H,8,10,12H2,1-2H3/t17-,19-/m1/s1. The second-order valence-electron chi connectivity index (χ2n) is 6.56. The minimum atomic E-state index is -1.10. The van der Waals surface area contributed by atoms with Crippen LogP contribution in [0.1, 0.15) is 29.4 Å². The highest BCUT2D eigenvalue weighted by atomic mass is 19.1. The van der Waals surface area contributed by atoms with Gasteiger partial charge in [-0.25, -0.2) is 4.39 Å². The van der Waals surface area contributed by atoms with E-state index in [-0.39, 0.29) is 12.5 Å². The molecule has 1 amide bonds. The van der Waals surface area contributed by atoms with E-state index >= 15 is 0 Å². The molecule has 2 heterocycles. The van der Waals surface area contributed by atoms with Gasteiger partial charge in [-0.2, -0.15) is 0 Å². The van der Waals surface area contributed by atoms with Crippen LogP contribution in [0.15, 0.2) is 42.6 Å². The lowest BCUT2D eigenvalue weighted by atomic mass is 9.90. The highest BCUT2D eigenvalue weighted by Crippen LogP contribution is 2.28. The second-order valence-corrected chi connectivity index (χ2v) is 6.56. The molecule has 1 fully saturated rings. The molecule has 0 spiro atoms. The van der Waals surface area contributed by atoms with Gasteiger partial charge in [-0.1, -0.05) is 6.07 Å². The van der Waals surface area contributed by atoms with E-state index in [0.717, 1.165) is 0 Å². The van der Waals surface area contributed by atoms with Crippen molar-refractivity contribution in [2.75, 3.05) is 13.1 Å². The molecule has 0 aliphatic carbocycles. The van der Waals surface area contributed by atoms with Crippen molar-refractivity contribution in [1.29, 1.82) is 0 Å². The molecule has 1 aliphatic heterocycles. The third-order valence-corrected chi connectivity index (χ3v) is 4.57. The number of hydrogen-bond acceptors (Lipinski definition) is 4. The summed E-state index contributed by atoms with van der Waals surface area (Å²) in [5.41, 5.74) is 0.0913. The minimum absolute atomic E-state index is 0.144. The molecule has 0 saturated carbocycles. The third-order valence-electron chi connectivity index (χ3n) is 4.57. The Morgan fingerprint density at radius 1 is 1.40 bits per heavy atom. The molecule has 25 heavy (non-hydrogen) atoms. The number of benzene rings is 1. The molecule has 2 atom stereocenters. The molecule has 0 bridgehead atoms. The van der Waals surface area contributed by atoms with Crippen LogP contribution in [0.4, 0.5) is 4.39 Å². The number of likely N-dealkylation sites (tertiary alicyclic amines) is 1. The van der Waals surface area contributed by atoms with Gasteiger partial charge in [0.25, 0.3) is 5.91 Å². The summed E-state index contributed by atoms with van der Waals surface area (Å²) in [4.78, 5) is 18.6. The largest absolute Gasteiger partial charge is 0.485 e. The molecule has 1 saturated heterocycles. The fraction of sp³-hybridized carbons (Fsp3) is 0.368. The quantitative estimate of drug-likeness (QED) is 0.930. The maximum Gasteiger partial charge on any atom is 0.255 e. The predicted octanol–water partition coefficient (Wildman–Crippen LogP) is 2.57. The van der Waals surface area contributed by atoms with E-state index in [0.29, 0.717) is 30.0 Å². The van der Waals surface area contributed by atoms with Crippen LogP contribution in [0.5, 0.6) is 5.75 Å². The molecule has 5 nitrogen and oxygen atoms in total. The molecule has 1 aliphatic rings. The van der Waals surface area contributed by atoms with Gasteiger partial charge < -0.3 is 14.7 Å². The Hall–Kier alpha value is -2.47. The fourth-order valence-corrected chi connectivity index (χ4v) is 2.94. The van der Waals surface area contributed by atoms with Crippen LogP contribution in [-0.4, -0.2) is 45.7 Å². The molecule has 1 N–H and O–H groups in total. The van der Waals surface area contributed by atoms with E-state index in [1.165, 1.54) is 12.1 Å². The van der Waals surface area contributed by atoms with Gasteiger partial charge in [-0.05, 0) is 44.5 Å². The maximum atomic E-state index is 13.4. The van der Waals surface area contributed by atoms with Gasteiger partial charge >= 0.3 is 0 Å². The first-order valence-corrected chi connectivity index (χ1v) is 8.22. The summed E-state index contributed by atoms with van der Waals surface area (Å²) in [5, 5.41) is 10.6. The molecule has 3 rings (SSSR count). The van der Waals surface area contributed by atoms with Gasteiger partial charge in [0, 0.05) is 24.5 Å². The number of pyridine rings is 1. The smallest absolute Gasteiger partial charge is 0.255 e. The van der Waals surface area contributed by atoms with E-state index in [2.05, 4.69) is 4.98 Å². The maximum absolute atomic E-state index is 13.4. The second kappa shape index (κ2) is 6.80. The van der Waals surface area contributed by atoms with E-state index < -0.39 is 17.5 Å². The first-order chi connectivity index (χ1) is 11.9. The first-order valence-electron chi connectivity index (χ1n) is 8.22. The molecule has 1 aromatic carbocycles. The lowest BCUT2D eigenvalue weighted by Gasteiger charge is -2.42. The van der Waals surface area contributed by atoms with E-state index in [4.69, 9.17) is 4.74 Å². The normalized spacial score (nSPS) is 23.4. The zero-order valence-corrected chi connectivity index (χ0v) is 14.3. The van der Waals surface area contributed by atoms with Gasteiger partial charge in [-0.15, -0.1) is 0 Å². The molecule has 0 radical (unpaired) electrons. The van der Waals surface area contributed by atoms with Crippen LogP contribution < -0.4 is 4.74 Å². The lowest BCUT2D eigenvalue weighted by Crippen LogP contribution is -2.57. The fourth-order valence-electron chi connectivity index (χ4n) is 2.94. The number of aliphatic hydroxyl groups is 1. The molecule has 0 unspecified atom stereocenters. The Morgan fingerprint density at radius 2 is 2.20 bits per heavy atom. The Labute approximate surface area is 146 Å². The first kappa shape index (κ1) is 17.4. The number of halogens is 1. The monoisotopic (exact) mass is 344 g/mol. The molecular formula is C19H21FN2O3. The molecule has 6 heteroatoms. The summed E-state index contributed by atoms with van der Waals surface area (Å²) in [6.07, 6.45) is 1.37. The predicted molar refractivity (Wildman–Crippen MR) is 90.9 cm³/mol. The van der Waals surface area contributed by atoms with Crippen molar-refractivity contribution >= 4 is 5.91 Å².